The number of rotatable bonds is 4. The van der Waals surface area contributed by atoms with Gasteiger partial charge in [-0.25, -0.2) is 0 Å². The van der Waals surface area contributed by atoms with E-state index in [0.29, 0.717) is 12.1 Å². The zero-order valence-corrected chi connectivity index (χ0v) is 11.2. The Balaban J connectivity index is 1.78. The van der Waals surface area contributed by atoms with E-state index in [1.54, 1.807) is 0 Å². The van der Waals surface area contributed by atoms with Crippen LogP contribution < -0.4 is 5.73 Å². The molecule has 0 aromatic carbocycles. The Morgan fingerprint density at radius 2 is 1.88 bits per heavy atom. The van der Waals surface area contributed by atoms with Crippen molar-refractivity contribution in [2.45, 2.75) is 70.1 Å². The molecule has 0 bridgehead atoms. The summed E-state index contributed by atoms with van der Waals surface area (Å²) in [5, 5.41) is 0. The summed E-state index contributed by atoms with van der Waals surface area (Å²) in [6, 6.07) is 1.21. The molecule has 1 unspecified atom stereocenters. The van der Waals surface area contributed by atoms with Crippen LogP contribution in [0, 0.1) is 0 Å². The molecule has 100 valence electrons. The van der Waals surface area contributed by atoms with Crippen molar-refractivity contribution >= 4 is 0 Å². The van der Waals surface area contributed by atoms with Crippen LogP contribution in [0.5, 0.6) is 0 Å². The van der Waals surface area contributed by atoms with E-state index in [2.05, 4.69) is 11.8 Å². The normalized spacial score (nSPS) is 35.1. The molecule has 1 saturated carbocycles. The summed E-state index contributed by atoms with van der Waals surface area (Å²) in [6.07, 6.45) is 9.30. The van der Waals surface area contributed by atoms with Gasteiger partial charge in [-0.15, -0.1) is 0 Å². The summed E-state index contributed by atoms with van der Waals surface area (Å²) in [5.74, 6) is 0. The first kappa shape index (κ1) is 13.3. The number of hydrogen-bond donors (Lipinski definition) is 1. The Kier molecular flexibility index (Phi) is 5.26. The first-order valence-corrected chi connectivity index (χ1v) is 7.40. The highest BCUT2D eigenvalue weighted by atomic mass is 16.5. The molecule has 0 amide bonds. The minimum absolute atomic E-state index is 0.455. The second kappa shape index (κ2) is 6.72. The van der Waals surface area contributed by atoms with E-state index in [1.165, 1.54) is 44.9 Å². The lowest BCUT2D eigenvalue weighted by Crippen LogP contribution is -2.45. The Labute approximate surface area is 106 Å². The van der Waals surface area contributed by atoms with Crippen LogP contribution in [0.15, 0.2) is 0 Å². The van der Waals surface area contributed by atoms with Gasteiger partial charge in [0.15, 0.2) is 0 Å². The molecule has 2 N–H and O–H groups in total. The second-order valence-corrected chi connectivity index (χ2v) is 5.64. The monoisotopic (exact) mass is 240 g/mol. The molecule has 3 nitrogen and oxygen atoms in total. The van der Waals surface area contributed by atoms with Crippen molar-refractivity contribution in [3.63, 3.8) is 0 Å². The molecule has 2 fully saturated rings. The molecule has 1 heterocycles. The van der Waals surface area contributed by atoms with Crippen LogP contribution in [-0.2, 0) is 4.74 Å². The fourth-order valence-electron chi connectivity index (χ4n) is 3.22. The molecule has 17 heavy (non-hydrogen) atoms. The maximum Gasteiger partial charge on any atom is 0.0702 e. The maximum absolute atomic E-state index is 5.98. The van der Waals surface area contributed by atoms with Crippen molar-refractivity contribution in [2.75, 3.05) is 19.7 Å². The van der Waals surface area contributed by atoms with Gasteiger partial charge in [0.2, 0.25) is 0 Å². The summed E-state index contributed by atoms with van der Waals surface area (Å²) in [4.78, 5) is 2.63. The van der Waals surface area contributed by atoms with Crippen molar-refractivity contribution in [3.05, 3.63) is 0 Å². The molecule has 0 aromatic heterocycles. The third kappa shape index (κ3) is 3.94. The first-order chi connectivity index (χ1) is 8.29. The van der Waals surface area contributed by atoms with Gasteiger partial charge in [0.1, 0.15) is 0 Å². The fourth-order valence-corrected chi connectivity index (χ4v) is 3.22. The Hall–Kier alpha value is -0.120. The Morgan fingerprint density at radius 1 is 1.12 bits per heavy atom. The highest BCUT2D eigenvalue weighted by Crippen LogP contribution is 2.23. The Bertz CT molecular complexity index is 208. The van der Waals surface area contributed by atoms with Crippen LogP contribution in [0.4, 0.5) is 0 Å². The average Bonchev–Trinajstić information content (AvgIpc) is 2.38. The van der Waals surface area contributed by atoms with Crippen LogP contribution in [0.25, 0.3) is 0 Å². The summed E-state index contributed by atoms with van der Waals surface area (Å²) in [6.45, 7) is 5.53. The Morgan fingerprint density at radius 3 is 2.47 bits per heavy atom. The summed E-state index contributed by atoms with van der Waals surface area (Å²) < 4.78 is 5.86. The predicted octanol–water partition coefficient (Wildman–Crippen LogP) is 2.15. The van der Waals surface area contributed by atoms with E-state index in [9.17, 15) is 0 Å². The predicted molar refractivity (Wildman–Crippen MR) is 71.1 cm³/mol. The van der Waals surface area contributed by atoms with Gasteiger partial charge >= 0.3 is 0 Å². The third-order valence-corrected chi connectivity index (χ3v) is 4.38. The summed E-state index contributed by atoms with van der Waals surface area (Å²) in [7, 11) is 0. The molecule has 2 aliphatic rings. The third-order valence-electron chi connectivity index (χ3n) is 4.38. The highest BCUT2D eigenvalue weighted by molar-refractivity contribution is 4.82. The van der Waals surface area contributed by atoms with Crippen LogP contribution in [0.1, 0.15) is 51.9 Å². The molecule has 0 radical (unpaired) electrons. The van der Waals surface area contributed by atoms with Gasteiger partial charge in [-0.05, 0) is 51.5 Å². The van der Waals surface area contributed by atoms with Crippen molar-refractivity contribution in [1.29, 1.82) is 0 Å². The van der Waals surface area contributed by atoms with Crippen LogP contribution in [-0.4, -0.2) is 42.8 Å². The first-order valence-electron chi connectivity index (χ1n) is 7.40. The number of ether oxygens (including phenoxy) is 1. The van der Waals surface area contributed by atoms with Gasteiger partial charge in [0.05, 0.1) is 6.10 Å². The van der Waals surface area contributed by atoms with E-state index in [0.717, 1.165) is 25.7 Å². The van der Waals surface area contributed by atoms with Gasteiger partial charge in [0.25, 0.3) is 0 Å². The van der Waals surface area contributed by atoms with Crippen molar-refractivity contribution in [1.82, 2.24) is 4.90 Å². The summed E-state index contributed by atoms with van der Waals surface area (Å²) >= 11 is 0. The smallest absolute Gasteiger partial charge is 0.0702 e. The molecule has 1 aliphatic heterocycles. The standard InChI is InChI=1S/C14H28N2O/c1-2-16(11-14-5-3-4-10-17-14)13-8-6-12(15)7-9-13/h12-14H,2-11,15H2,1H3. The molecular formula is C14H28N2O. The lowest BCUT2D eigenvalue weighted by molar-refractivity contribution is -0.0163. The topological polar surface area (TPSA) is 38.5 Å². The van der Waals surface area contributed by atoms with Crippen LogP contribution in [0.2, 0.25) is 0 Å². The van der Waals surface area contributed by atoms with Crippen LogP contribution in [0.3, 0.4) is 0 Å². The minimum atomic E-state index is 0.455. The van der Waals surface area contributed by atoms with E-state index < -0.39 is 0 Å². The maximum atomic E-state index is 5.98. The van der Waals surface area contributed by atoms with Crippen molar-refractivity contribution in [2.24, 2.45) is 5.73 Å². The van der Waals surface area contributed by atoms with Gasteiger partial charge in [0, 0.05) is 25.2 Å². The lowest BCUT2D eigenvalue weighted by Gasteiger charge is -2.38. The highest BCUT2D eigenvalue weighted by Gasteiger charge is 2.26. The van der Waals surface area contributed by atoms with E-state index in [-0.39, 0.29) is 0 Å². The molecule has 3 heteroatoms. The number of nitrogens with two attached hydrogens (primary N) is 1. The molecule has 0 spiro atoms. The largest absolute Gasteiger partial charge is 0.377 e. The minimum Gasteiger partial charge on any atom is -0.377 e. The van der Waals surface area contributed by atoms with Gasteiger partial charge < -0.3 is 10.5 Å². The van der Waals surface area contributed by atoms with Crippen LogP contribution >= 0.6 is 0 Å². The fraction of sp³-hybridized carbons (Fsp3) is 1.00. The van der Waals surface area contributed by atoms with Crippen molar-refractivity contribution < 1.29 is 4.74 Å². The molecular weight excluding hydrogens is 212 g/mol. The SMILES string of the molecule is CCN(CC1CCCCO1)C1CCC(N)CC1. The van der Waals surface area contributed by atoms with Gasteiger partial charge in [-0.2, -0.15) is 0 Å². The molecule has 0 aromatic rings. The quantitative estimate of drug-likeness (QED) is 0.818. The van der Waals surface area contributed by atoms with E-state index in [1.807, 2.05) is 0 Å². The number of nitrogens with zero attached hydrogens (tertiary/aromatic N) is 1. The molecule has 1 aliphatic carbocycles. The molecule has 1 atom stereocenters. The molecule has 1 saturated heterocycles. The van der Waals surface area contributed by atoms with E-state index in [4.69, 9.17) is 10.5 Å². The van der Waals surface area contributed by atoms with Gasteiger partial charge in [-0.3, -0.25) is 4.90 Å². The summed E-state index contributed by atoms with van der Waals surface area (Å²) in [5.41, 5.74) is 5.98. The van der Waals surface area contributed by atoms with Crippen molar-refractivity contribution in [3.8, 4) is 0 Å². The van der Waals surface area contributed by atoms with Gasteiger partial charge in [-0.1, -0.05) is 6.92 Å². The number of likely N-dealkylation sites (N-methyl/N-ethyl adjacent to an activating group) is 1. The average molecular weight is 240 g/mol. The second-order valence-electron chi connectivity index (χ2n) is 5.64. The molecule has 2 rings (SSSR count). The lowest BCUT2D eigenvalue weighted by atomic mass is 9.90. The zero-order valence-electron chi connectivity index (χ0n) is 11.2. The number of hydrogen-bond acceptors (Lipinski definition) is 3. The van der Waals surface area contributed by atoms with E-state index >= 15 is 0 Å². The zero-order chi connectivity index (χ0) is 12.1.